The molecular weight excluding hydrogens is 1830 g/mol. The summed E-state index contributed by atoms with van der Waals surface area (Å²) in [6.07, 6.45) is 6.90. The molecule has 0 radical (unpaired) electrons. The Kier molecular flexibility index (Phi) is 43.7. The maximum absolute atomic E-state index is 14.2. The van der Waals surface area contributed by atoms with Crippen LogP contribution in [0.3, 0.4) is 0 Å². The van der Waals surface area contributed by atoms with Crippen molar-refractivity contribution in [3.63, 3.8) is 0 Å². The topological polar surface area (TPSA) is 426 Å². The summed E-state index contributed by atoms with van der Waals surface area (Å²) < 4.78 is 17.2. The fraction of sp³-hybridized carbons (Fsp3) is 0.333. The zero-order chi connectivity index (χ0) is 104. The zero-order valence-corrected chi connectivity index (χ0v) is 83.8. The molecule has 10 amide bonds. The first-order chi connectivity index (χ1) is 70.3. The molecule has 12 rings (SSSR count). The minimum absolute atomic E-state index is 0.0629. The quantitative estimate of drug-likeness (QED) is 0.00420. The predicted molar refractivity (Wildman–Crippen MR) is 565 cm³/mol. The van der Waals surface area contributed by atoms with E-state index in [-0.39, 0.29) is 102 Å². The molecule has 9 atom stereocenters. The van der Waals surface area contributed by atoms with Crippen molar-refractivity contribution in [3.8, 4) is 33.4 Å². The van der Waals surface area contributed by atoms with Gasteiger partial charge in [0.1, 0.15) is 61.6 Å². The highest BCUT2D eigenvalue weighted by atomic mass is 16.6. The Hall–Kier alpha value is -16.1. The van der Waals surface area contributed by atoms with E-state index in [9.17, 15) is 57.5 Å². The van der Waals surface area contributed by atoms with E-state index in [1.807, 2.05) is 121 Å². The van der Waals surface area contributed by atoms with Crippen LogP contribution in [0.1, 0.15) is 178 Å². The van der Waals surface area contributed by atoms with Crippen LogP contribution in [0.2, 0.25) is 0 Å². The number of benzene rings is 9. The normalized spacial score (nSPS) is 14.0. The number of nitrogens with one attached hydrogen (secondary N) is 14. The molecule has 3 aliphatic rings. The average molecular weight is 1970 g/mol. The van der Waals surface area contributed by atoms with Gasteiger partial charge in [0.25, 0.3) is 0 Å². The number of hydrogen-bond acceptors (Lipinski definition) is 17. The van der Waals surface area contributed by atoms with Gasteiger partial charge in [-0.1, -0.05) is 282 Å². The minimum Gasteiger partial charge on any atom is -0.465 e. The molecule has 0 bridgehead atoms. The predicted octanol–water partition coefficient (Wildman–Crippen LogP) is 13.5. The average Bonchev–Trinajstić information content (AvgIpc) is 1.62. The second-order valence-corrected chi connectivity index (χ2v) is 35.2. The van der Waals surface area contributed by atoms with E-state index in [1.54, 1.807) is 147 Å². The molecule has 31 heteroatoms. The monoisotopic (exact) mass is 1970 g/mol. The number of esters is 1. The third-order valence-corrected chi connectivity index (χ3v) is 25.6. The molecular formula is C114H136N16O15. The van der Waals surface area contributed by atoms with Crippen molar-refractivity contribution >= 4 is 83.1 Å². The molecule has 0 unspecified atom stereocenters. The summed E-state index contributed by atoms with van der Waals surface area (Å²) in [5.74, 6) is -5.40. The molecule has 145 heavy (non-hydrogen) atoms. The number of carbonyl (C=O) groups is 12. The van der Waals surface area contributed by atoms with Crippen molar-refractivity contribution in [2.75, 3.05) is 80.7 Å². The molecule has 9 aromatic rings. The molecule has 0 heterocycles. The number of aliphatic imine (C=N–C) groups is 2. The second kappa shape index (κ2) is 57.1. The number of rotatable bonds is 48. The van der Waals surface area contributed by atoms with Gasteiger partial charge < -0.3 is 88.6 Å². The van der Waals surface area contributed by atoms with Crippen LogP contribution >= 0.6 is 0 Å². The standard InChI is InChI=1S/C45H57N7O6.C39H48N6O5.C30H31N3O4/c1-7-25-45(4,52-44(57)58-29-36-34-23-15-13-21-32(34)33-22-14-16-24-35(33)36)38(53)28-31(20-17-27-49-43(46-5)47-6)40(54)50-37(9-3)41(55)51-39(42(56)48-26-8-2)30-18-11-10-12-19-30;1-5-22-42-38(49)35(26-15-8-7-9-16-26)45-37(48)33(6-2)44-36(47)27(17-14-23-43-39(40-3)41-4)24-34(46)50-25-32-30-20-12-10-18-28(30)29-19-11-13-21-31(29)32;1-3-18-31-29(35)27(20-12-6-5-7-13-20)33-28(34)26(4-2)32-30(36)37-19-25-23-16-10-8-14-21(23)22-15-9-11-17-24(22)25/h7-8,10-16,18-19,21-24,31,36-37,39H,1-2,9,17,20,25-29H2,3-6H3,(H,48,56)(H,50,54)(H,51,55)(H,52,57)(H2,46,47,49);5,7-13,15-16,18-21,27,32-33,35H,1,6,14,17,22-25H2,2-4H3,(H,42,49)(H,44,47)(H,45,48)(H2,40,41,43);3,5-17,25-27H,1,4,18-19H2,2H3,(H,31,35)(H,32,36)(H,33,34)/t31-,37+,39-,45-;27-,33+,35-;26-,27+/m110/s1. The van der Waals surface area contributed by atoms with Crippen molar-refractivity contribution in [1.82, 2.24) is 74.4 Å². The van der Waals surface area contributed by atoms with Gasteiger partial charge >= 0.3 is 18.2 Å². The van der Waals surface area contributed by atoms with Crippen molar-refractivity contribution in [2.45, 2.75) is 151 Å². The molecule has 3 aliphatic carbocycles. The Morgan fingerprint density at radius 3 is 0.931 bits per heavy atom. The summed E-state index contributed by atoms with van der Waals surface area (Å²) in [5, 5.41) is 39.9. The first kappa shape index (κ1) is 111. The lowest BCUT2D eigenvalue weighted by molar-refractivity contribution is -0.147. The van der Waals surface area contributed by atoms with Crippen LogP contribution in [0.25, 0.3) is 33.4 Å². The van der Waals surface area contributed by atoms with Gasteiger partial charge in [0.05, 0.1) is 6.42 Å². The molecule has 9 aromatic carbocycles. The van der Waals surface area contributed by atoms with Gasteiger partial charge in [-0.3, -0.25) is 57.9 Å². The molecule has 0 aliphatic heterocycles. The highest BCUT2D eigenvalue weighted by molar-refractivity contribution is 5.98. The van der Waals surface area contributed by atoms with E-state index in [4.69, 9.17) is 14.2 Å². The molecule has 0 fully saturated rings. The number of Topliss-reactive ketones (excluding diaryl/α,β-unsaturated/α-hetero) is 1. The number of ether oxygens (including phenoxy) is 3. The Morgan fingerprint density at radius 1 is 0.345 bits per heavy atom. The van der Waals surface area contributed by atoms with Gasteiger partial charge in [-0.2, -0.15) is 0 Å². The largest absolute Gasteiger partial charge is 0.465 e. The van der Waals surface area contributed by atoms with Crippen LogP contribution in [-0.4, -0.2) is 188 Å². The SMILES string of the molecule is C=CCNC(=O)[C@H](NC(=O)[C@H](CC)NC(=O)OCC1c2ccccc2-c2ccccc21)c1ccccc1.C=CCNC(=O)[C@H](NC(=O)[C@H](CC)NC(=O)[C@H](CCCNC(=NC)NC)CC(=O)OCC1c2ccccc2-c2ccccc21)c1ccccc1.C=CCNC(=O)[C@H](NC(=O)[C@H](CC)NC(=O)[C@H](CCCNC(=NC)NC)CC(=O)[C@@](C)(CC=C)NC(=O)OCC1c2ccccc2-c2ccccc21)c1ccccc1. The lowest BCUT2D eigenvalue weighted by atomic mass is 9.84. The number of carbonyl (C=O) groups excluding carboxylic acids is 12. The Balaban J connectivity index is 0.000000228. The smallest absolute Gasteiger partial charge is 0.407 e. The number of nitrogens with zero attached hydrogens (tertiary/aromatic N) is 2. The van der Waals surface area contributed by atoms with E-state index in [0.29, 0.717) is 67.4 Å². The summed E-state index contributed by atoms with van der Waals surface area (Å²) in [6, 6.07) is 69.3. The van der Waals surface area contributed by atoms with Crippen molar-refractivity contribution in [1.29, 1.82) is 0 Å². The number of hydrogen-bond donors (Lipinski definition) is 14. The fourth-order valence-electron chi connectivity index (χ4n) is 17.8. The number of fused-ring (bicyclic) bond motifs is 9. The second-order valence-electron chi connectivity index (χ2n) is 35.2. The number of guanidine groups is 2. The molecule has 762 valence electrons. The van der Waals surface area contributed by atoms with Crippen molar-refractivity contribution < 1.29 is 71.7 Å². The Bertz CT molecular complexity index is 5880. The van der Waals surface area contributed by atoms with Gasteiger partial charge in [0, 0.05) is 96.9 Å². The van der Waals surface area contributed by atoms with E-state index >= 15 is 0 Å². The van der Waals surface area contributed by atoms with Crippen molar-refractivity contribution in [2.24, 2.45) is 21.8 Å². The highest BCUT2D eigenvalue weighted by Crippen LogP contribution is 2.48. The third-order valence-electron chi connectivity index (χ3n) is 25.6. The summed E-state index contributed by atoms with van der Waals surface area (Å²) in [4.78, 5) is 169. The van der Waals surface area contributed by atoms with Gasteiger partial charge in [-0.25, -0.2) is 9.59 Å². The molecule has 0 saturated heterocycles. The van der Waals surface area contributed by atoms with Crippen LogP contribution in [0.5, 0.6) is 0 Å². The van der Waals surface area contributed by atoms with E-state index in [1.165, 1.54) is 12.2 Å². The van der Waals surface area contributed by atoms with Gasteiger partial charge in [0.15, 0.2) is 17.7 Å². The minimum atomic E-state index is -1.45. The maximum Gasteiger partial charge on any atom is 0.407 e. The molecule has 0 saturated carbocycles. The van der Waals surface area contributed by atoms with Gasteiger partial charge in [0.2, 0.25) is 47.3 Å². The molecule has 0 spiro atoms. The van der Waals surface area contributed by atoms with Crippen LogP contribution in [-0.2, 0) is 62.2 Å². The fourth-order valence-corrected chi connectivity index (χ4v) is 17.8. The van der Waals surface area contributed by atoms with Gasteiger partial charge in [-0.05, 0) is 142 Å². The lowest BCUT2D eigenvalue weighted by Crippen LogP contribution is -2.54. The number of alkyl carbamates (subject to hydrolysis) is 2. The zero-order valence-electron chi connectivity index (χ0n) is 83.8. The molecule has 14 N–H and O–H groups in total. The van der Waals surface area contributed by atoms with Crippen LogP contribution < -0.4 is 74.4 Å². The lowest BCUT2D eigenvalue weighted by Gasteiger charge is -2.30. The maximum atomic E-state index is 14.2. The third kappa shape index (κ3) is 31.0. The summed E-state index contributed by atoms with van der Waals surface area (Å²) in [5.41, 5.74) is 13.6. The highest BCUT2D eigenvalue weighted by Gasteiger charge is 2.41. The van der Waals surface area contributed by atoms with Crippen molar-refractivity contribution in [3.05, 3.63) is 337 Å². The van der Waals surface area contributed by atoms with E-state index in [0.717, 1.165) is 66.8 Å². The van der Waals surface area contributed by atoms with E-state index < -0.39 is 119 Å². The first-order valence-corrected chi connectivity index (χ1v) is 49.2. The Labute approximate surface area is 849 Å². The number of ketones is 1. The number of amides is 10. The van der Waals surface area contributed by atoms with Crippen LogP contribution in [0.4, 0.5) is 9.59 Å². The first-order valence-electron chi connectivity index (χ1n) is 49.2. The van der Waals surface area contributed by atoms with Crippen LogP contribution in [0, 0.1) is 11.8 Å². The Morgan fingerprint density at radius 2 is 0.634 bits per heavy atom. The van der Waals surface area contributed by atoms with E-state index in [2.05, 4.69) is 147 Å². The summed E-state index contributed by atoms with van der Waals surface area (Å²) in [6.45, 7) is 23.6. The summed E-state index contributed by atoms with van der Waals surface area (Å²) >= 11 is 0. The molecule has 31 nitrogen and oxygen atoms in total. The summed E-state index contributed by atoms with van der Waals surface area (Å²) in [7, 11) is 6.78. The van der Waals surface area contributed by atoms with Gasteiger partial charge in [-0.15, -0.1) is 26.3 Å². The van der Waals surface area contributed by atoms with Crippen LogP contribution in [0.15, 0.2) is 297 Å². The molecule has 0 aromatic heterocycles.